The average Bonchev–Trinajstić information content (AvgIpc) is 3.38. The number of hydrogen-bond acceptors (Lipinski definition) is 4. The van der Waals surface area contributed by atoms with Crippen molar-refractivity contribution in [1.82, 2.24) is 15.2 Å². The van der Waals surface area contributed by atoms with Crippen LogP contribution in [0.25, 0.3) is 21.5 Å². The van der Waals surface area contributed by atoms with E-state index in [4.69, 9.17) is 0 Å². The van der Waals surface area contributed by atoms with Gasteiger partial charge < -0.3 is 10.2 Å². The summed E-state index contributed by atoms with van der Waals surface area (Å²) >= 11 is 1.59. The molecule has 4 rings (SSSR count). The molecule has 1 N–H and O–H groups in total. The molecule has 1 fully saturated rings. The first-order valence-electron chi connectivity index (χ1n) is 8.72. The van der Waals surface area contributed by atoms with E-state index in [1.165, 1.54) is 0 Å². The van der Waals surface area contributed by atoms with Gasteiger partial charge in [0.2, 0.25) is 5.91 Å². The fourth-order valence-corrected chi connectivity index (χ4v) is 3.93. The SMILES string of the molecule is O=C(NCC(=O)N1CCCC1)c1cc(-c2cccs2)nc2ccccc12. The third-order valence-corrected chi connectivity index (χ3v) is 5.49. The van der Waals surface area contributed by atoms with Crippen molar-refractivity contribution in [2.75, 3.05) is 19.6 Å². The molecule has 0 unspecified atom stereocenters. The van der Waals surface area contributed by atoms with Gasteiger partial charge in [0.25, 0.3) is 5.91 Å². The van der Waals surface area contributed by atoms with Crippen LogP contribution in [0.15, 0.2) is 47.8 Å². The summed E-state index contributed by atoms with van der Waals surface area (Å²) in [5.74, 6) is -0.262. The molecule has 0 bridgehead atoms. The van der Waals surface area contributed by atoms with E-state index in [-0.39, 0.29) is 18.4 Å². The number of carbonyl (C=O) groups excluding carboxylic acids is 2. The van der Waals surface area contributed by atoms with Gasteiger partial charge >= 0.3 is 0 Å². The van der Waals surface area contributed by atoms with E-state index in [9.17, 15) is 9.59 Å². The van der Waals surface area contributed by atoms with Crippen molar-refractivity contribution in [2.45, 2.75) is 12.8 Å². The molecule has 5 nitrogen and oxygen atoms in total. The van der Waals surface area contributed by atoms with Crippen molar-refractivity contribution >= 4 is 34.1 Å². The van der Waals surface area contributed by atoms with Crippen molar-refractivity contribution < 1.29 is 9.59 Å². The molecule has 1 aliphatic heterocycles. The molecule has 2 amide bonds. The molecule has 0 saturated carbocycles. The van der Waals surface area contributed by atoms with Gasteiger partial charge in [0, 0.05) is 18.5 Å². The molecule has 0 atom stereocenters. The third-order valence-electron chi connectivity index (χ3n) is 4.59. The fraction of sp³-hybridized carbons (Fsp3) is 0.250. The van der Waals surface area contributed by atoms with Crippen LogP contribution < -0.4 is 5.32 Å². The Labute approximate surface area is 155 Å². The second kappa shape index (κ2) is 7.25. The average molecular weight is 365 g/mol. The number of thiophene rings is 1. The van der Waals surface area contributed by atoms with E-state index >= 15 is 0 Å². The predicted octanol–water partition coefficient (Wildman–Crippen LogP) is 3.32. The van der Waals surface area contributed by atoms with Gasteiger partial charge in [-0.05, 0) is 36.4 Å². The van der Waals surface area contributed by atoms with Crippen molar-refractivity contribution in [2.24, 2.45) is 0 Å². The number of likely N-dealkylation sites (tertiary alicyclic amines) is 1. The summed E-state index contributed by atoms with van der Waals surface area (Å²) in [7, 11) is 0. The van der Waals surface area contributed by atoms with Crippen LogP contribution in [0.4, 0.5) is 0 Å². The number of nitrogens with one attached hydrogen (secondary N) is 1. The molecule has 0 radical (unpaired) electrons. The third kappa shape index (κ3) is 3.32. The zero-order valence-corrected chi connectivity index (χ0v) is 15.1. The highest BCUT2D eigenvalue weighted by atomic mass is 32.1. The number of amides is 2. The first-order valence-corrected chi connectivity index (χ1v) is 9.60. The molecule has 1 aromatic carbocycles. The quantitative estimate of drug-likeness (QED) is 0.771. The van der Waals surface area contributed by atoms with Crippen LogP contribution >= 0.6 is 11.3 Å². The minimum atomic E-state index is -0.242. The van der Waals surface area contributed by atoms with Crippen LogP contribution in [0.2, 0.25) is 0 Å². The molecular weight excluding hydrogens is 346 g/mol. The van der Waals surface area contributed by atoms with Gasteiger partial charge in [0.1, 0.15) is 0 Å². The number of aromatic nitrogens is 1. The van der Waals surface area contributed by atoms with E-state index in [1.54, 1.807) is 11.3 Å². The minimum Gasteiger partial charge on any atom is -0.343 e. The lowest BCUT2D eigenvalue weighted by molar-refractivity contribution is -0.129. The number of benzene rings is 1. The number of para-hydroxylation sites is 1. The molecule has 26 heavy (non-hydrogen) atoms. The molecule has 3 aromatic rings. The van der Waals surface area contributed by atoms with Crippen LogP contribution in [0, 0.1) is 0 Å². The molecule has 3 heterocycles. The lowest BCUT2D eigenvalue weighted by Crippen LogP contribution is -2.38. The van der Waals surface area contributed by atoms with Crippen molar-refractivity contribution in [3.05, 3.63) is 53.4 Å². The number of carbonyl (C=O) groups is 2. The summed E-state index contributed by atoms with van der Waals surface area (Å²) in [6, 6.07) is 13.3. The summed E-state index contributed by atoms with van der Waals surface area (Å²) in [6.45, 7) is 1.61. The molecule has 6 heteroatoms. The lowest BCUT2D eigenvalue weighted by atomic mass is 10.1. The number of pyridine rings is 1. The Morgan fingerprint density at radius 3 is 2.69 bits per heavy atom. The molecule has 132 valence electrons. The van der Waals surface area contributed by atoms with Gasteiger partial charge in [-0.15, -0.1) is 11.3 Å². The van der Waals surface area contributed by atoms with Gasteiger partial charge in [-0.2, -0.15) is 0 Å². The first-order chi connectivity index (χ1) is 12.7. The molecule has 2 aromatic heterocycles. The van der Waals surface area contributed by atoms with Gasteiger partial charge in [-0.3, -0.25) is 9.59 Å². The van der Waals surface area contributed by atoms with Crippen LogP contribution in [0.1, 0.15) is 23.2 Å². The van der Waals surface area contributed by atoms with E-state index in [2.05, 4.69) is 10.3 Å². The fourth-order valence-electron chi connectivity index (χ4n) is 3.24. The summed E-state index contributed by atoms with van der Waals surface area (Å²) < 4.78 is 0. The smallest absolute Gasteiger partial charge is 0.252 e. The number of fused-ring (bicyclic) bond motifs is 1. The van der Waals surface area contributed by atoms with E-state index in [1.807, 2.05) is 52.7 Å². The molecule has 0 spiro atoms. The Kier molecular flexibility index (Phi) is 4.67. The first kappa shape index (κ1) is 16.7. The maximum Gasteiger partial charge on any atom is 0.252 e. The topological polar surface area (TPSA) is 62.3 Å². The lowest BCUT2D eigenvalue weighted by Gasteiger charge is -2.16. The van der Waals surface area contributed by atoms with Crippen LogP contribution in [-0.2, 0) is 4.79 Å². The van der Waals surface area contributed by atoms with E-state index in [0.29, 0.717) is 5.56 Å². The zero-order chi connectivity index (χ0) is 17.9. The summed E-state index contributed by atoms with van der Waals surface area (Å²) in [4.78, 5) is 32.5. The Morgan fingerprint density at radius 1 is 1.12 bits per heavy atom. The zero-order valence-electron chi connectivity index (χ0n) is 14.3. The normalized spacial score (nSPS) is 13.9. The standard InChI is InChI=1S/C20H19N3O2S/c24-19(23-9-3-4-10-23)13-21-20(25)15-12-17(18-8-5-11-26-18)22-16-7-2-1-6-14(15)16/h1-2,5-8,11-12H,3-4,9-10,13H2,(H,21,25). The summed E-state index contributed by atoms with van der Waals surface area (Å²) in [5.41, 5.74) is 2.09. The molecule has 0 aliphatic carbocycles. The Hall–Kier alpha value is -2.73. The number of hydrogen-bond donors (Lipinski definition) is 1. The predicted molar refractivity (Wildman–Crippen MR) is 103 cm³/mol. The molecule has 1 saturated heterocycles. The summed E-state index contributed by atoms with van der Waals surface area (Å²) in [6.07, 6.45) is 2.08. The molecular formula is C20H19N3O2S. The van der Waals surface area contributed by atoms with Gasteiger partial charge in [0.15, 0.2) is 0 Å². The Morgan fingerprint density at radius 2 is 1.92 bits per heavy atom. The van der Waals surface area contributed by atoms with E-state index in [0.717, 1.165) is 47.4 Å². The second-order valence-corrected chi connectivity index (χ2v) is 7.27. The largest absolute Gasteiger partial charge is 0.343 e. The second-order valence-electron chi connectivity index (χ2n) is 6.32. The Bertz CT molecular complexity index is 947. The monoisotopic (exact) mass is 365 g/mol. The maximum absolute atomic E-state index is 12.8. The highest BCUT2D eigenvalue weighted by Gasteiger charge is 2.20. The molecule has 1 aliphatic rings. The van der Waals surface area contributed by atoms with Crippen LogP contribution in [0.5, 0.6) is 0 Å². The van der Waals surface area contributed by atoms with Crippen molar-refractivity contribution in [3.8, 4) is 10.6 Å². The number of rotatable bonds is 4. The highest BCUT2D eigenvalue weighted by molar-refractivity contribution is 7.13. The van der Waals surface area contributed by atoms with Crippen molar-refractivity contribution in [1.29, 1.82) is 0 Å². The van der Waals surface area contributed by atoms with Gasteiger partial charge in [-0.25, -0.2) is 4.98 Å². The van der Waals surface area contributed by atoms with Crippen LogP contribution in [-0.4, -0.2) is 41.3 Å². The van der Waals surface area contributed by atoms with Crippen molar-refractivity contribution in [3.63, 3.8) is 0 Å². The van der Waals surface area contributed by atoms with E-state index < -0.39 is 0 Å². The maximum atomic E-state index is 12.8. The number of nitrogens with zero attached hydrogens (tertiary/aromatic N) is 2. The van der Waals surface area contributed by atoms with Crippen LogP contribution in [0.3, 0.4) is 0 Å². The Balaban J connectivity index is 1.61. The van der Waals surface area contributed by atoms with Gasteiger partial charge in [0.05, 0.1) is 28.2 Å². The highest BCUT2D eigenvalue weighted by Crippen LogP contribution is 2.27. The van der Waals surface area contributed by atoms with Gasteiger partial charge in [-0.1, -0.05) is 24.3 Å². The minimum absolute atomic E-state index is 0.0207. The summed E-state index contributed by atoms with van der Waals surface area (Å²) in [5, 5.41) is 5.56.